The minimum absolute atomic E-state index is 0.0638. The second-order valence-corrected chi connectivity index (χ2v) is 7.91. The molecule has 144 valence electrons. The summed E-state index contributed by atoms with van der Waals surface area (Å²) in [6, 6.07) is 11.5. The molecular formula is C19H22N2O5S. The molecule has 8 heteroatoms. The SMILES string of the molecule is COc1ccc(OC)c(CNS(=O)(=O)c2ccc(N3CCCC3=O)cc2)c1. The van der Waals surface area contributed by atoms with Crippen LogP contribution in [0.2, 0.25) is 0 Å². The summed E-state index contributed by atoms with van der Waals surface area (Å²) >= 11 is 0. The molecule has 1 aliphatic heterocycles. The largest absolute Gasteiger partial charge is 0.497 e. The fourth-order valence-electron chi connectivity index (χ4n) is 3.00. The zero-order chi connectivity index (χ0) is 19.4. The van der Waals surface area contributed by atoms with E-state index >= 15 is 0 Å². The minimum atomic E-state index is -3.71. The summed E-state index contributed by atoms with van der Waals surface area (Å²) in [5.74, 6) is 1.25. The number of anilines is 1. The maximum Gasteiger partial charge on any atom is 0.240 e. The van der Waals surface area contributed by atoms with Crippen molar-refractivity contribution in [1.29, 1.82) is 0 Å². The van der Waals surface area contributed by atoms with Crippen LogP contribution in [0.15, 0.2) is 47.4 Å². The molecule has 0 spiro atoms. The van der Waals surface area contributed by atoms with Gasteiger partial charge in [-0.1, -0.05) is 0 Å². The molecule has 27 heavy (non-hydrogen) atoms. The van der Waals surface area contributed by atoms with Crippen LogP contribution >= 0.6 is 0 Å². The quantitative estimate of drug-likeness (QED) is 0.784. The number of carbonyl (C=O) groups is 1. The molecule has 1 N–H and O–H groups in total. The predicted molar refractivity (Wildman–Crippen MR) is 102 cm³/mol. The number of hydrogen-bond acceptors (Lipinski definition) is 5. The van der Waals surface area contributed by atoms with E-state index in [9.17, 15) is 13.2 Å². The van der Waals surface area contributed by atoms with Crippen molar-refractivity contribution in [3.8, 4) is 11.5 Å². The van der Waals surface area contributed by atoms with Crippen LogP contribution in [0.3, 0.4) is 0 Å². The molecule has 7 nitrogen and oxygen atoms in total. The van der Waals surface area contributed by atoms with Gasteiger partial charge in [-0.3, -0.25) is 4.79 Å². The minimum Gasteiger partial charge on any atom is -0.497 e. The van der Waals surface area contributed by atoms with Gasteiger partial charge >= 0.3 is 0 Å². The van der Waals surface area contributed by atoms with Gasteiger partial charge < -0.3 is 14.4 Å². The van der Waals surface area contributed by atoms with Gasteiger partial charge in [0.25, 0.3) is 0 Å². The Bertz CT molecular complexity index is 926. The van der Waals surface area contributed by atoms with Crippen molar-refractivity contribution in [1.82, 2.24) is 4.72 Å². The van der Waals surface area contributed by atoms with Crippen molar-refractivity contribution in [3.63, 3.8) is 0 Å². The van der Waals surface area contributed by atoms with Crippen molar-refractivity contribution in [2.75, 3.05) is 25.7 Å². The van der Waals surface area contributed by atoms with E-state index in [1.54, 1.807) is 42.3 Å². The lowest BCUT2D eigenvalue weighted by atomic mass is 10.2. The molecule has 0 atom stereocenters. The smallest absolute Gasteiger partial charge is 0.240 e. The summed E-state index contributed by atoms with van der Waals surface area (Å²) in [4.78, 5) is 13.6. The van der Waals surface area contributed by atoms with Gasteiger partial charge in [0.15, 0.2) is 0 Å². The molecule has 0 unspecified atom stereocenters. The first kappa shape index (κ1) is 19.2. The second-order valence-electron chi connectivity index (χ2n) is 6.15. The number of carbonyl (C=O) groups excluding carboxylic acids is 1. The summed E-state index contributed by atoms with van der Waals surface area (Å²) in [5.41, 5.74) is 1.38. The van der Waals surface area contributed by atoms with Gasteiger partial charge in [0.05, 0.1) is 19.1 Å². The fourth-order valence-corrected chi connectivity index (χ4v) is 4.01. The van der Waals surface area contributed by atoms with Crippen LogP contribution in [-0.4, -0.2) is 35.1 Å². The Hall–Kier alpha value is -2.58. The molecule has 0 radical (unpaired) electrons. The molecule has 1 aliphatic rings. The van der Waals surface area contributed by atoms with Gasteiger partial charge in [0.1, 0.15) is 11.5 Å². The molecule has 1 fully saturated rings. The van der Waals surface area contributed by atoms with Crippen molar-refractivity contribution in [2.45, 2.75) is 24.3 Å². The highest BCUT2D eigenvalue weighted by Gasteiger charge is 2.22. The number of hydrogen-bond donors (Lipinski definition) is 1. The van der Waals surface area contributed by atoms with Gasteiger partial charge in [-0.2, -0.15) is 0 Å². The third-order valence-electron chi connectivity index (χ3n) is 4.47. The second kappa shape index (κ2) is 7.98. The Balaban J connectivity index is 1.74. The molecule has 0 bridgehead atoms. The highest BCUT2D eigenvalue weighted by atomic mass is 32.2. The van der Waals surface area contributed by atoms with Gasteiger partial charge in [-0.15, -0.1) is 0 Å². The Labute approximate surface area is 158 Å². The maximum atomic E-state index is 12.6. The molecule has 2 aromatic rings. The first-order chi connectivity index (χ1) is 12.9. The lowest BCUT2D eigenvalue weighted by molar-refractivity contribution is -0.117. The standard InChI is InChI=1S/C19H22N2O5S/c1-25-16-7-10-18(26-2)14(12-16)13-20-27(23,24)17-8-5-15(6-9-17)21-11-3-4-19(21)22/h5-10,12,20H,3-4,11,13H2,1-2H3. The zero-order valence-corrected chi connectivity index (χ0v) is 16.1. The van der Waals surface area contributed by atoms with Crippen LogP contribution in [0, 0.1) is 0 Å². The first-order valence-electron chi connectivity index (χ1n) is 8.55. The van der Waals surface area contributed by atoms with E-state index in [0.717, 1.165) is 6.42 Å². The third-order valence-corrected chi connectivity index (χ3v) is 5.89. The Morgan fingerprint density at radius 2 is 1.81 bits per heavy atom. The number of benzene rings is 2. The monoisotopic (exact) mass is 390 g/mol. The van der Waals surface area contributed by atoms with Crippen molar-refractivity contribution in [2.24, 2.45) is 0 Å². The number of nitrogens with zero attached hydrogens (tertiary/aromatic N) is 1. The number of rotatable bonds is 7. The molecule has 3 rings (SSSR count). The number of nitrogens with one attached hydrogen (secondary N) is 1. The van der Waals surface area contributed by atoms with Gasteiger partial charge in [0, 0.05) is 30.8 Å². The molecule has 2 aromatic carbocycles. The normalized spacial score (nSPS) is 14.4. The van der Waals surface area contributed by atoms with Crippen LogP contribution in [0.5, 0.6) is 11.5 Å². The van der Waals surface area contributed by atoms with E-state index in [2.05, 4.69) is 4.72 Å². The molecule has 1 saturated heterocycles. The summed E-state index contributed by atoms with van der Waals surface area (Å²) in [5, 5.41) is 0. The fraction of sp³-hybridized carbons (Fsp3) is 0.316. The van der Waals surface area contributed by atoms with E-state index in [1.807, 2.05) is 0 Å². The maximum absolute atomic E-state index is 12.6. The highest BCUT2D eigenvalue weighted by molar-refractivity contribution is 7.89. The summed E-state index contributed by atoms with van der Waals surface area (Å²) in [7, 11) is -0.637. The van der Waals surface area contributed by atoms with E-state index in [-0.39, 0.29) is 17.3 Å². The summed E-state index contributed by atoms with van der Waals surface area (Å²) < 4.78 is 38.2. The van der Waals surface area contributed by atoms with Crippen molar-refractivity contribution < 1.29 is 22.7 Å². The zero-order valence-electron chi connectivity index (χ0n) is 15.3. The number of ether oxygens (including phenoxy) is 2. The summed E-state index contributed by atoms with van der Waals surface area (Å²) in [6.07, 6.45) is 1.35. The molecule has 0 aliphatic carbocycles. The number of sulfonamides is 1. The lowest BCUT2D eigenvalue weighted by Crippen LogP contribution is -2.25. The van der Waals surface area contributed by atoms with Crippen molar-refractivity contribution in [3.05, 3.63) is 48.0 Å². The molecule has 1 amide bonds. The third kappa shape index (κ3) is 4.23. The van der Waals surface area contributed by atoms with Crippen LogP contribution in [0.1, 0.15) is 18.4 Å². The van der Waals surface area contributed by atoms with E-state index in [4.69, 9.17) is 9.47 Å². The van der Waals surface area contributed by atoms with Gasteiger partial charge in [-0.05, 0) is 48.9 Å². The Kier molecular flexibility index (Phi) is 5.67. The van der Waals surface area contributed by atoms with E-state index in [0.29, 0.717) is 35.7 Å². The van der Waals surface area contributed by atoms with E-state index in [1.165, 1.54) is 19.2 Å². The summed E-state index contributed by atoms with van der Waals surface area (Å²) in [6.45, 7) is 0.730. The van der Waals surface area contributed by atoms with Crippen LogP contribution < -0.4 is 19.1 Å². The molecule has 0 saturated carbocycles. The van der Waals surface area contributed by atoms with Crippen LogP contribution in [0.25, 0.3) is 0 Å². The van der Waals surface area contributed by atoms with Crippen molar-refractivity contribution >= 4 is 21.6 Å². The predicted octanol–water partition coefficient (Wildman–Crippen LogP) is 2.31. The first-order valence-corrected chi connectivity index (χ1v) is 10.0. The topological polar surface area (TPSA) is 84.9 Å². The number of methoxy groups -OCH3 is 2. The van der Waals surface area contributed by atoms with Crippen LogP contribution in [-0.2, 0) is 21.4 Å². The molecule has 1 heterocycles. The van der Waals surface area contributed by atoms with Gasteiger partial charge in [0.2, 0.25) is 15.9 Å². The lowest BCUT2D eigenvalue weighted by Gasteiger charge is -2.16. The Morgan fingerprint density at radius 3 is 2.41 bits per heavy atom. The Morgan fingerprint density at radius 1 is 1.07 bits per heavy atom. The highest BCUT2D eigenvalue weighted by Crippen LogP contribution is 2.25. The van der Waals surface area contributed by atoms with E-state index < -0.39 is 10.0 Å². The van der Waals surface area contributed by atoms with Crippen LogP contribution in [0.4, 0.5) is 5.69 Å². The average molecular weight is 390 g/mol. The average Bonchev–Trinajstić information content (AvgIpc) is 3.12. The molecule has 0 aromatic heterocycles. The number of amides is 1. The van der Waals surface area contributed by atoms with Gasteiger partial charge in [-0.25, -0.2) is 13.1 Å². The molecular weight excluding hydrogens is 368 g/mol.